The molecule has 0 aliphatic carbocycles. The van der Waals surface area contributed by atoms with Gasteiger partial charge in [0.05, 0.1) is 22.7 Å². The fraction of sp³-hybridized carbons (Fsp3) is 0.111. The van der Waals surface area contributed by atoms with Gasteiger partial charge >= 0.3 is 0 Å². The molecule has 13 heavy (non-hydrogen) atoms. The van der Waals surface area contributed by atoms with Gasteiger partial charge in [0.25, 0.3) is 0 Å². The number of imidazole rings is 1. The van der Waals surface area contributed by atoms with Crippen LogP contribution in [0.1, 0.15) is 5.56 Å². The van der Waals surface area contributed by atoms with E-state index < -0.39 is 0 Å². The van der Waals surface area contributed by atoms with Crippen LogP contribution in [0.3, 0.4) is 0 Å². The molecule has 64 valence electrons. The van der Waals surface area contributed by atoms with Crippen LogP contribution in [0.2, 0.25) is 0 Å². The van der Waals surface area contributed by atoms with Crippen LogP contribution in [0.15, 0.2) is 22.9 Å². The first kappa shape index (κ1) is 8.27. The van der Waals surface area contributed by atoms with E-state index in [2.05, 4.69) is 27.0 Å². The first-order chi connectivity index (χ1) is 6.22. The summed E-state index contributed by atoms with van der Waals surface area (Å²) in [5.74, 6) is 0. The Morgan fingerprint density at radius 2 is 2.31 bits per heavy atom. The highest BCUT2D eigenvalue weighted by Gasteiger charge is 2.04. The van der Waals surface area contributed by atoms with Gasteiger partial charge < -0.3 is 4.57 Å². The molecule has 0 saturated carbocycles. The zero-order valence-electron chi connectivity index (χ0n) is 6.95. The predicted octanol–water partition coefficient (Wildman–Crippen LogP) is 2.21. The molecule has 1 heterocycles. The van der Waals surface area contributed by atoms with Gasteiger partial charge in [0, 0.05) is 7.05 Å². The highest BCUT2D eigenvalue weighted by atomic mass is 79.9. The van der Waals surface area contributed by atoms with E-state index in [-0.39, 0.29) is 0 Å². The molecule has 2 aromatic rings. The fourth-order valence-electron chi connectivity index (χ4n) is 1.23. The van der Waals surface area contributed by atoms with E-state index >= 15 is 0 Å². The van der Waals surface area contributed by atoms with Gasteiger partial charge in [0.1, 0.15) is 0 Å². The highest BCUT2D eigenvalue weighted by Crippen LogP contribution is 2.19. The molecule has 0 radical (unpaired) electrons. The quantitative estimate of drug-likeness (QED) is 0.703. The van der Waals surface area contributed by atoms with Gasteiger partial charge in [-0.25, -0.2) is 4.98 Å². The molecule has 0 unspecified atom stereocenters. The van der Waals surface area contributed by atoms with Crippen LogP contribution in [0.25, 0.3) is 11.0 Å². The van der Waals surface area contributed by atoms with Crippen LogP contribution >= 0.6 is 15.9 Å². The van der Waals surface area contributed by atoms with Crippen LogP contribution in [0.5, 0.6) is 0 Å². The third-order valence-electron chi connectivity index (χ3n) is 1.96. The second kappa shape index (κ2) is 2.86. The van der Waals surface area contributed by atoms with E-state index in [4.69, 9.17) is 5.26 Å². The minimum atomic E-state index is 0.656. The van der Waals surface area contributed by atoms with E-state index in [1.54, 1.807) is 6.07 Å². The van der Waals surface area contributed by atoms with Crippen LogP contribution in [0.4, 0.5) is 0 Å². The van der Waals surface area contributed by atoms with Crippen molar-refractivity contribution in [1.29, 1.82) is 5.26 Å². The molecule has 0 fully saturated rings. The van der Waals surface area contributed by atoms with E-state index in [0.29, 0.717) is 5.56 Å². The van der Waals surface area contributed by atoms with Crippen LogP contribution in [-0.4, -0.2) is 9.55 Å². The van der Waals surface area contributed by atoms with Gasteiger partial charge in [-0.15, -0.1) is 0 Å². The Hall–Kier alpha value is -1.34. The molecular formula is C9H6BrN3. The lowest BCUT2D eigenvalue weighted by atomic mass is 10.2. The Balaban J connectivity index is 2.84. The Morgan fingerprint density at radius 1 is 1.54 bits per heavy atom. The molecule has 0 N–H and O–H groups in total. The Labute approximate surface area is 83.7 Å². The summed E-state index contributed by atoms with van der Waals surface area (Å²) in [6, 6.07) is 7.54. The lowest BCUT2D eigenvalue weighted by Crippen LogP contribution is -1.87. The molecule has 0 aliphatic heterocycles. The molecule has 2 rings (SSSR count). The average Bonchev–Trinajstić information content (AvgIpc) is 2.43. The minimum absolute atomic E-state index is 0.656. The maximum absolute atomic E-state index is 8.70. The third-order valence-corrected chi connectivity index (χ3v) is 2.66. The monoisotopic (exact) mass is 235 g/mol. The number of nitriles is 1. The smallest absolute Gasteiger partial charge is 0.177 e. The maximum atomic E-state index is 8.70. The van der Waals surface area contributed by atoms with Crippen molar-refractivity contribution in [3.63, 3.8) is 0 Å². The van der Waals surface area contributed by atoms with Crippen molar-refractivity contribution in [3.05, 3.63) is 28.5 Å². The topological polar surface area (TPSA) is 41.6 Å². The number of hydrogen-bond donors (Lipinski definition) is 0. The van der Waals surface area contributed by atoms with Crippen molar-refractivity contribution >= 4 is 27.0 Å². The van der Waals surface area contributed by atoms with Gasteiger partial charge in [0.15, 0.2) is 4.73 Å². The van der Waals surface area contributed by atoms with Gasteiger partial charge in [0.2, 0.25) is 0 Å². The zero-order chi connectivity index (χ0) is 9.42. The molecule has 0 saturated heterocycles. The van der Waals surface area contributed by atoms with Crippen molar-refractivity contribution in [2.24, 2.45) is 7.05 Å². The molecule has 0 amide bonds. The minimum Gasteiger partial charge on any atom is -0.322 e. The van der Waals surface area contributed by atoms with Crippen molar-refractivity contribution < 1.29 is 0 Å². The van der Waals surface area contributed by atoms with Gasteiger partial charge in [-0.1, -0.05) is 0 Å². The zero-order valence-corrected chi connectivity index (χ0v) is 8.54. The number of benzene rings is 1. The summed E-state index contributed by atoms with van der Waals surface area (Å²) in [6.45, 7) is 0. The summed E-state index contributed by atoms with van der Waals surface area (Å²) in [6.07, 6.45) is 0. The standard InChI is InChI=1S/C9H6BrN3/c1-13-8-4-6(5-11)2-3-7(8)12-9(13)10/h2-4H,1H3. The number of aromatic nitrogens is 2. The molecule has 0 bridgehead atoms. The van der Waals surface area contributed by atoms with E-state index in [1.165, 1.54) is 0 Å². The normalized spacial score (nSPS) is 10.2. The van der Waals surface area contributed by atoms with E-state index in [0.717, 1.165) is 15.8 Å². The lowest BCUT2D eigenvalue weighted by molar-refractivity contribution is 0.912. The number of halogens is 1. The number of rotatable bonds is 0. The average molecular weight is 236 g/mol. The van der Waals surface area contributed by atoms with E-state index in [9.17, 15) is 0 Å². The summed E-state index contributed by atoms with van der Waals surface area (Å²) in [5, 5.41) is 8.70. The molecule has 0 aliphatic rings. The predicted molar refractivity (Wildman–Crippen MR) is 53.1 cm³/mol. The third kappa shape index (κ3) is 1.21. The molecule has 1 aromatic heterocycles. The number of nitrogens with zero attached hydrogens (tertiary/aromatic N) is 3. The summed E-state index contributed by atoms with van der Waals surface area (Å²) in [4.78, 5) is 4.26. The van der Waals surface area contributed by atoms with Gasteiger partial charge in [-0.05, 0) is 34.1 Å². The van der Waals surface area contributed by atoms with E-state index in [1.807, 2.05) is 23.7 Å². The van der Waals surface area contributed by atoms with Crippen molar-refractivity contribution in [3.8, 4) is 6.07 Å². The Kier molecular flexibility index (Phi) is 1.82. The number of hydrogen-bond acceptors (Lipinski definition) is 2. The second-order valence-corrected chi connectivity index (χ2v) is 3.46. The van der Waals surface area contributed by atoms with Gasteiger partial charge in [-0.3, -0.25) is 0 Å². The fourth-order valence-corrected chi connectivity index (χ4v) is 1.61. The molecule has 4 heteroatoms. The van der Waals surface area contributed by atoms with Crippen LogP contribution in [-0.2, 0) is 7.05 Å². The highest BCUT2D eigenvalue weighted by molar-refractivity contribution is 9.10. The molecule has 0 spiro atoms. The van der Waals surface area contributed by atoms with Crippen molar-refractivity contribution in [2.75, 3.05) is 0 Å². The van der Waals surface area contributed by atoms with Crippen molar-refractivity contribution in [1.82, 2.24) is 9.55 Å². The summed E-state index contributed by atoms with van der Waals surface area (Å²) in [5.41, 5.74) is 2.52. The summed E-state index contributed by atoms with van der Waals surface area (Å²) in [7, 11) is 1.90. The summed E-state index contributed by atoms with van der Waals surface area (Å²) < 4.78 is 2.67. The molecule has 0 atom stereocenters. The van der Waals surface area contributed by atoms with Gasteiger partial charge in [-0.2, -0.15) is 5.26 Å². The Bertz CT molecular complexity index is 507. The van der Waals surface area contributed by atoms with Crippen molar-refractivity contribution in [2.45, 2.75) is 0 Å². The largest absolute Gasteiger partial charge is 0.322 e. The lowest BCUT2D eigenvalue weighted by Gasteiger charge is -1.94. The second-order valence-electron chi connectivity index (χ2n) is 2.76. The summed E-state index contributed by atoms with van der Waals surface area (Å²) >= 11 is 3.32. The first-order valence-corrected chi connectivity index (χ1v) is 4.54. The number of fused-ring (bicyclic) bond motifs is 1. The molecule has 1 aromatic carbocycles. The molecular weight excluding hydrogens is 230 g/mol. The molecule has 3 nitrogen and oxygen atoms in total. The first-order valence-electron chi connectivity index (χ1n) is 3.74. The Morgan fingerprint density at radius 3 is 3.00 bits per heavy atom. The number of aryl methyl sites for hydroxylation is 1. The van der Waals surface area contributed by atoms with Crippen LogP contribution in [0, 0.1) is 11.3 Å². The van der Waals surface area contributed by atoms with Crippen LogP contribution < -0.4 is 0 Å². The maximum Gasteiger partial charge on any atom is 0.177 e. The SMILES string of the molecule is Cn1c(Br)nc2ccc(C#N)cc21.